The van der Waals surface area contributed by atoms with Gasteiger partial charge in [-0.3, -0.25) is 9.59 Å². The molecule has 0 saturated carbocycles. The van der Waals surface area contributed by atoms with Gasteiger partial charge in [0, 0.05) is 38.6 Å². The van der Waals surface area contributed by atoms with Crippen LogP contribution in [0.1, 0.15) is 36.8 Å². The zero-order valence-electron chi connectivity index (χ0n) is 13.6. The first-order valence-corrected chi connectivity index (χ1v) is 7.54. The normalized spacial score (nSPS) is 19.5. The molecule has 0 bridgehead atoms. The van der Waals surface area contributed by atoms with Crippen molar-refractivity contribution < 1.29 is 9.59 Å². The van der Waals surface area contributed by atoms with Crippen molar-refractivity contribution >= 4 is 11.8 Å². The molecule has 0 N–H and O–H groups in total. The van der Waals surface area contributed by atoms with Gasteiger partial charge in [-0.15, -0.1) is 0 Å². The van der Waals surface area contributed by atoms with Gasteiger partial charge in [0.2, 0.25) is 5.91 Å². The van der Waals surface area contributed by atoms with Crippen LogP contribution in [0.4, 0.5) is 0 Å². The fourth-order valence-corrected chi connectivity index (χ4v) is 2.82. The van der Waals surface area contributed by atoms with Gasteiger partial charge < -0.3 is 14.4 Å². The lowest BCUT2D eigenvalue weighted by atomic mass is 10.1. The quantitative estimate of drug-likeness (QED) is 0.850. The van der Waals surface area contributed by atoms with E-state index in [0.29, 0.717) is 24.6 Å². The van der Waals surface area contributed by atoms with Crippen LogP contribution in [0.25, 0.3) is 0 Å². The average molecular weight is 291 g/mol. The predicted octanol–water partition coefficient (Wildman–Crippen LogP) is 1.66. The van der Waals surface area contributed by atoms with Crippen LogP contribution in [0.5, 0.6) is 0 Å². The maximum Gasteiger partial charge on any atom is 0.256 e. The molecule has 1 aromatic rings. The maximum absolute atomic E-state index is 12.7. The fourth-order valence-electron chi connectivity index (χ4n) is 2.82. The van der Waals surface area contributed by atoms with E-state index in [0.717, 1.165) is 12.2 Å². The molecule has 0 aromatic carbocycles. The van der Waals surface area contributed by atoms with Crippen molar-refractivity contribution in [3.8, 4) is 0 Å². The van der Waals surface area contributed by atoms with Crippen LogP contribution < -0.4 is 0 Å². The van der Waals surface area contributed by atoms with Gasteiger partial charge in [0.1, 0.15) is 6.04 Å². The van der Waals surface area contributed by atoms with Gasteiger partial charge in [0.25, 0.3) is 5.91 Å². The number of nitrogens with zero attached hydrogens (tertiary/aromatic N) is 3. The van der Waals surface area contributed by atoms with Gasteiger partial charge in [0.05, 0.1) is 5.56 Å². The van der Waals surface area contributed by atoms with E-state index in [1.165, 1.54) is 0 Å². The third kappa shape index (κ3) is 2.96. The second kappa shape index (κ2) is 5.92. The van der Waals surface area contributed by atoms with Crippen molar-refractivity contribution in [3.05, 3.63) is 23.5 Å². The summed E-state index contributed by atoms with van der Waals surface area (Å²) in [5, 5.41) is 0. The third-order valence-electron chi connectivity index (χ3n) is 4.21. The van der Waals surface area contributed by atoms with Crippen molar-refractivity contribution in [1.29, 1.82) is 0 Å². The molecular weight excluding hydrogens is 266 g/mol. The number of piperazine rings is 1. The Morgan fingerprint density at radius 2 is 2.05 bits per heavy atom. The minimum Gasteiger partial charge on any atom is -0.354 e. The Kier molecular flexibility index (Phi) is 4.40. The van der Waals surface area contributed by atoms with E-state index in [9.17, 15) is 9.59 Å². The van der Waals surface area contributed by atoms with E-state index < -0.39 is 0 Å². The number of carbonyl (C=O) groups is 2. The molecule has 2 rings (SSSR count). The molecule has 21 heavy (non-hydrogen) atoms. The summed E-state index contributed by atoms with van der Waals surface area (Å²) in [6.07, 6.45) is 1.88. The predicted molar refractivity (Wildman–Crippen MR) is 82.1 cm³/mol. The van der Waals surface area contributed by atoms with E-state index in [1.54, 1.807) is 4.90 Å². The van der Waals surface area contributed by atoms with E-state index in [4.69, 9.17) is 0 Å². The van der Waals surface area contributed by atoms with Crippen LogP contribution in [0, 0.1) is 12.8 Å². The summed E-state index contributed by atoms with van der Waals surface area (Å²) < 4.78 is 1.93. The van der Waals surface area contributed by atoms with Crippen molar-refractivity contribution in [2.75, 3.05) is 19.6 Å². The lowest BCUT2D eigenvalue weighted by Gasteiger charge is -2.39. The molecule has 1 fully saturated rings. The summed E-state index contributed by atoms with van der Waals surface area (Å²) >= 11 is 0. The number of rotatable bonds is 3. The lowest BCUT2D eigenvalue weighted by Crippen LogP contribution is -2.58. The van der Waals surface area contributed by atoms with Gasteiger partial charge in [-0.05, 0) is 25.8 Å². The zero-order valence-corrected chi connectivity index (χ0v) is 13.6. The fraction of sp³-hybridized carbons (Fsp3) is 0.625. The van der Waals surface area contributed by atoms with Gasteiger partial charge in [0.15, 0.2) is 0 Å². The lowest BCUT2D eigenvalue weighted by molar-refractivity contribution is -0.140. The molecule has 5 heteroatoms. The highest BCUT2D eigenvalue weighted by atomic mass is 16.2. The Morgan fingerprint density at radius 1 is 1.38 bits per heavy atom. The number of aromatic nitrogens is 1. The van der Waals surface area contributed by atoms with Gasteiger partial charge >= 0.3 is 0 Å². The standard InChI is InChI=1S/C16H25N3O2/c1-11(2)10-18-8-9-19(13(4)15(18)20)16(21)14-6-7-17(5)12(14)3/h6-7,11,13H,8-10H2,1-5H3/t13-/m0/s1. The van der Waals surface area contributed by atoms with Crippen molar-refractivity contribution in [2.24, 2.45) is 13.0 Å². The molecule has 1 saturated heterocycles. The minimum absolute atomic E-state index is 0.0434. The van der Waals surface area contributed by atoms with Crippen LogP contribution in [-0.2, 0) is 11.8 Å². The van der Waals surface area contributed by atoms with Gasteiger partial charge in [-0.2, -0.15) is 0 Å². The second-order valence-electron chi connectivity index (χ2n) is 6.28. The van der Waals surface area contributed by atoms with E-state index in [-0.39, 0.29) is 17.9 Å². The van der Waals surface area contributed by atoms with Crippen molar-refractivity contribution in [2.45, 2.75) is 33.7 Å². The van der Waals surface area contributed by atoms with Gasteiger partial charge in [-0.25, -0.2) is 0 Å². The smallest absolute Gasteiger partial charge is 0.256 e. The summed E-state index contributed by atoms with van der Waals surface area (Å²) in [5.41, 5.74) is 1.62. The largest absolute Gasteiger partial charge is 0.354 e. The first-order chi connectivity index (χ1) is 9.82. The molecule has 2 amide bonds. The molecule has 0 unspecified atom stereocenters. The second-order valence-corrected chi connectivity index (χ2v) is 6.28. The zero-order chi connectivity index (χ0) is 15.7. The summed E-state index contributed by atoms with van der Waals surface area (Å²) in [4.78, 5) is 28.7. The molecule has 0 aliphatic carbocycles. The van der Waals surface area contributed by atoms with Crippen LogP contribution in [-0.4, -0.2) is 51.9 Å². The van der Waals surface area contributed by atoms with Crippen LogP contribution in [0.3, 0.4) is 0 Å². The molecule has 1 aliphatic heterocycles. The summed E-state index contributed by atoms with van der Waals surface area (Å²) in [6, 6.07) is 1.44. The third-order valence-corrected chi connectivity index (χ3v) is 4.21. The molecule has 0 radical (unpaired) electrons. The monoisotopic (exact) mass is 291 g/mol. The van der Waals surface area contributed by atoms with Crippen molar-refractivity contribution in [1.82, 2.24) is 14.4 Å². The van der Waals surface area contributed by atoms with Crippen LogP contribution in [0.2, 0.25) is 0 Å². The first-order valence-electron chi connectivity index (χ1n) is 7.54. The SMILES string of the molecule is Cc1c(C(=O)N2CCN(CC(C)C)C(=O)[C@@H]2C)ccn1C. The molecule has 0 spiro atoms. The number of hydrogen-bond donors (Lipinski definition) is 0. The molecular formula is C16H25N3O2. The van der Waals surface area contributed by atoms with Crippen LogP contribution in [0.15, 0.2) is 12.3 Å². The Hall–Kier alpha value is -1.78. The highest BCUT2D eigenvalue weighted by molar-refractivity contribution is 5.99. The molecule has 1 aliphatic rings. The Bertz CT molecular complexity index is 548. The Morgan fingerprint density at radius 3 is 2.57 bits per heavy atom. The molecule has 2 heterocycles. The number of aryl methyl sites for hydroxylation is 1. The number of hydrogen-bond acceptors (Lipinski definition) is 2. The highest BCUT2D eigenvalue weighted by Crippen LogP contribution is 2.18. The molecule has 1 aromatic heterocycles. The average Bonchev–Trinajstić information content (AvgIpc) is 2.75. The van der Waals surface area contributed by atoms with E-state index in [1.807, 2.05) is 42.6 Å². The molecule has 5 nitrogen and oxygen atoms in total. The van der Waals surface area contributed by atoms with Gasteiger partial charge in [-0.1, -0.05) is 13.8 Å². The summed E-state index contributed by atoms with van der Waals surface area (Å²) in [5.74, 6) is 0.454. The number of amides is 2. The highest BCUT2D eigenvalue weighted by Gasteiger charge is 2.35. The van der Waals surface area contributed by atoms with Crippen molar-refractivity contribution in [3.63, 3.8) is 0 Å². The van der Waals surface area contributed by atoms with E-state index >= 15 is 0 Å². The summed E-state index contributed by atoms with van der Waals surface area (Å²) in [6.45, 7) is 9.94. The topological polar surface area (TPSA) is 45.6 Å². The summed E-state index contributed by atoms with van der Waals surface area (Å²) in [7, 11) is 1.92. The van der Waals surface area contributed by atoms with Crippen LogP contribution >= 0.6 is 0 Å². The molecule has 1 atom stereocenters. The Labute approximate surface area is 126 Å². The maximum atomic E-state index is 12.7. The molecule has 116 valence electrons. The first kappa shape index (κ1) is 15.6. The minimum atomic E-state index is -0.385. The van der Waals surface area contributed by atoms with E-state index in [2.05, 4.69) is 13.8 Å². The Balaban J connectivity index is 2.14. The number of carbonyl (C=O) groups excluding carboxylic acids is 2.